The lowest BCUT2D eigenvalue weighted by atomic mass is 10.1. The van der Waals surface area contributed by atoms with E-state index < -0.39 is 0 Å². The fourth-order valence-electron chi connectivity index (χ4n) is 1.87. The van der Waals surface area contributed by atoms with Crippen LogP contribution >= 0.6 is 0 Å². The molecule has 1 aliphatic heterocycles. The number of hydrogen-bond donors (Lipinski definition) is 1. The fourth-order valence-corrected chi connectivity index (χ4v) is 1.87. The van der Waals surface area contributed by atoms with E-state index in [1.807, 2.05) is 18.7 Å². The molecular weight excluding hydrogens is 192 g/mol. The van der Waals surface area contributed by atoms with E-state index >= 15 is 0 Å². The minimum absolute atomic E-state index is 0.187. The molecule has 1 saturated heterocycles. The van der Waals surface area contributed by atoms with Crippen LogP contribution in [0.5, 0.6) is 0 Å². The molecule has 0 aliphatic carbocycles. The van der Waals surface area contributed by atoms with Crippen LogP contribution in [0.15, 0.2) is 0 Å². The Hall–Kier alpha value is -0.610. The van der Waals surface area contributed by atoms with Gasteiger partial charge in [-0.25, -0.2) is 0 Å². The maximum absolute atomic E-state index is 12.0. The van der Waals surface area contributed by atoms with Crippen LogP contribution < -0.4 is 5.32 Å². The highest BCUT2D eigenvalue weighted by atomic mass is 16.5. The number of nitrogens with zero attached hydrogens (tertiary/aromatic N) is 1. The molecule has 0 aromatic rings. The SMILES string of the molecule is CCOCCN(CC)C(=O)C1CCNC1. The first kappa shape index (κ1) is 12.5. The molecule has 1 atom stereocenters. The molecule has 1 N–H and O–H groups in total. The number of nitrogens with one attached hydrogen (secondary N) is 1. The Morgan fingerprint density at radius 2 is 2.33 bits per heavy atom. The summed E-state index contributed by atoms with van der Waals surface area (Å²) in [4.78, 5) is 13.9. The number of carbonyl (C=O) groups excluding carboxylic acids is 1. The van der Waals surface area contributed by atoms with Crippen molar-refractivity contribution in [2.45, 2.75) is 20.3 Å². The zero-order valence-electron chi connectivity index (χ0n) is 9.79. The van der Waals surface area contributed by atoms with Crippen molar-refractivity contribution in [2.24, 2.45) is 5.92 Å². The maximum Gasteiger partial charge on any atom is 0.227 e. The van der Waals surface area contributed by atoms with Crippen LogP contribution in [-0.4, -0.2) is 50.2 Å². The lowest BCUT2D eigenvalue weighted by Gasteiger charge is -2.23. The van der Waals surface area contributed by atoms with Gasteiger partial charge in [-0.2, -0.15) is 0 Å². The van der Waals surface area contributed by atoms with Gasteiger partial charge in [-0.05, 0) is 26.8 Å². The lowest BCUT2D eigenvalue weighted by molar-refractivity contribution is -0.135. The number of hydrogen-bond acceptors (Lipinski definition) is 3. The van der Waals surface area contributed by atoms with Gasteiger partial charge in [-0.3, -0.25) is 4.79 Å². The van der Waals surface area contributed by atoms with Crippen molar-refractivity contribution in [1.29, 1.82) is 0 Å². The molecule has 1 aliphatic rings. The average molecular weight is 214 g/mol. The zero-order chi connectivity index (χ0) is 11.1. The summed E-state index contributed by atoms with van der Waals surface area (Å²) in [7, 11) is 0. The summed E-state index contributed by atoms with van der Waals surface area (Å²) in [5.41, 5.74) is 0. The van der Waals surface area contributed by atoms with E-state index in [1.165, 1.54) is 0 Å². The maximum atomic E-state index is 12.0. The third-order valence-corrected chi connectivity index (χ3v) is 2.81. The number of rotatable bonds is 6. The van der Waals surface area contributed by atoms with Gasteiger partial charge in [0.2, 0.25) is 5.91 Å². The van der Waals surface area contributed by atoms with Crippen LogP contribution in [0.3, 0.4) is 0 Å². The summed E-state index contributed by atoms with van der Waals surface area (Å²) < 4.78 is 5.27. The molecule has 88 valence electrons. The Morgan fingerprint density at radius 3 is 2.87 bits per heavy atom. The molecule has 0 spiro atoms. The first-order chi connectivity index (χ1) is 7.29. The normalized spacial score (nSPS) is 20.5. The number of likely N-dealkylation sites (N-methyl/N-ethyl adjacent to an activating group) is 1. The summed E-state index contributed by atoms with van der Waals surface area (Å²) >= 11 is 0. The highest BCUT2D eigenvalue weighted by Gasteiger charge is 2.25. The van der Waals surface area contributed by atoms with E-state index in [4.69, 9.17) is 4.74 Å². The Bertz CT molecular complexity index is 191. The smallest absolute Gasteiger partial charge is 0.227 e. The summed E-state index contributed by atoms with van der Waals surface area (Å²) in [5, 5.41) is 3.22. The molecule has 0 aromatic carbocycles. The van der Waals surface area contributed by atoms with Crippen LogP contribution in [0.2, 0.25) is 0 Å². The van der Waals surface area contributed by atoms with Crippen molar-refractivity contribution in [2.75, 3.05) is 39.4 Å². The molecule has 0 saturated carbocycles. The van der Waals surface area contributed by atoms with Gasteiger partial charge in [0.25, 0.3) is 0 Å². The minimum Gasteiger partial charge on any atom is -0.380 e. The topological polar surface area (TPSA) is 41.6 Å². The van der Waals surface area contributed by atoms with Crippen molar-refractivity contribution in [1.82, 2.24) is 10.2 Å². The summed E-state index contributed by atoms with van der Waals surface area (Å²) in [6.07, 6.45) is 0.976. The van der Waals surface area contributed by atoms with Crippen LogP contribution in [0.1, 0.15) is 20.3 Å². The highest BCUT2D eigenvalue weighted by molar-refractivity contribution is 5.79. The second-order valence-electron chi connectivity index (χ2n) is 3.80. The number of amides is 1. The minimum atomic E-state index is 0.187. The summed E-state index contributed by atoms with van der Waals surface area (Å²) in [5.74, 6) is 0.466. The van der Waals surface area contributed by atoms with E-state index in [0.717, 1.165) is 39.2 Å². The second kappa shape index (κ2) is 6.80. The Balaban J connectivity index is 2.32. The monoisotopic (exact) mass is 214 g/mol. The third kappa shape index (κ3) is 3.80. The molecule has 0 radical (unpaired) electrons. The van der Waals surface area contributed by atoms with Crippen LogP contribution in [0, 0.1) is 5.92 Å². The quantitative estimate of drug-likeness (QED) is 0.654. The van der Waals surface area contributed by atoms with Crippen molar-refractivity contribution in [3.63, 3.8) is 0 Å². The number of carbonyl (C=O) groups is 1. The van der Waals surface area contributed by atoms with Gasteiger partial charge in [0.15, 0.2) is 0 Å². The molecule has 4 heteroatoms. The van der Waals surface area contributed by atoms with Gasteiger partial charge in [0.1, 0.15) is 0 Å². The van der Waals surface area contributed by atoms with Crippen LogP contribution in [-0.2, 0) is 9.53 Å². The molecule has 15 heavy (non-hydrogen) atoms. The Morgan fingerprint density at radius 1 is 1.53 bits per heavy atom. The number of ether oxygens (including phenoxy) is 1. The molecule has 1 fully saturated rings. The highest BCUT2D eigenvalue weighted by Crippen LogP contribution is 2.11. The van der Waals surface area contributed by atoms with Gasteiger partial charge in [-0.15, -0.1) is 0 Å². The summed E-state index contributed by atoms with van der Waals surface area (Å²) in [6.45, 7) is 8.67. The predicted octanol–water partition coefficient (Wildman–Crippen LogP) is 0.481. The molecule has 1 amide bonds. The second-order valence-corrected chi connectivity index (χ2v) is 3.80. The van der Waals surface area contributed by atoms with Crippen molar-refractivity contribution < 1.29 is 9.53 Å². The van der Waals surface area contributed by atoms with Gasteiger partial charge in [0.05, 0.1) is 12.5 Å². The lowest BCUT2D eigenvalue weighted by Crippen LogP contribution is -2.39. The molecule has 4 nitrogen and oxygen atoms in total. The first-order valence-electron chi connectivity index (χ1n) is 5.86. The molecule has 1 unspecified atom stereocenters. The van der Waals surface area contributed by atoms with Crippen molar-refractivity contribution in [3.05, 3.63) is 0 Å². The molecule has 0 bridgehead atoms. The zero-order valence-corrected chi connectivity index (χ0v) is 9.79. The van der Waals surface area contributed by atoms with Crippen LogP contribution in [0.4, 0.5) is 0 Å². The van der Waals surface area contributed by atoms with E-state index in [0.29, 0.717) is 6.61 Å². The Kier molecular flexibility index (Phi) is 5.65. The predicted molar refractivity (Wildman–Crippen MR) is 59.7 cm³/mol. The Labute approximate surface area is 92.0 Å². The van der Waals surface area contributed by atoms with Crippen molar-refractivity contribution >= 4 is 5.91 Å². The average Bonchev–Trinajstić information content (AvgIpc) is 2.77. The van der Waals surface area contributed by atoms with Crippen molar-refractivity contribution in [3.8, 4) is 0 Å². The van der Waals surface area contributed by atoms with E-state index in [9.17, 15) is 4.79 Å². The first-order valence-corrected chi connectivity index (χ1v) is 5.86. The van der Waals surface area contributed by atoms with Gasteiger partial charge in [-0.1, -0.05) is 0 Å². The van der Waals surface area contributed by atoms with Gasteiger partial charge >= 0.3 is 0 Å². The summed E-state index contributed by atoms with van der Waals surface area (Å²) in [6, 6.07) is 0. The fraction of sp³-hybridized carbons (Fsp3) is 0.909. The van der Waals surface area contributed by atoms with E-state index in [-0.39, 0.29) is 11.8 Å². The molecule has 1 heterocycles. The third-order valence-electron chi connectivity index (χ3n) is 2.81. The standard InChI is InChI=1S/C11H22N2O2/c1-3-13(7-8-15-4-2)11(14)10-5-6-12-9-10/h10,12H,3-9H2,1-2H3. The van der Waals surface area contributed by atoms with E-state index in [2.05, 4.69) is 5.32 Å². The largest absolute Gasteiger partial charge is 0.380 e. The van der Waals surface area contributed by atoms with E-state index in [1.54, 1.807) is 0 Å². The van der Waals surface area contributed by atoms with Gasteiger partial charge in [0, 0.05) is 26.2 Å². The van der Waals surface area contributed by atoms with Gasteiger partial charge < -0.3 is 15.0 Å². The molecule has 0 aromatic heterocycles. The molecule has 1 rings (SSSR count). The molecular formula is C11H22N2O2. The van der Waals surface area contributed by atoms with Crippen LogP contribution in [0.25, 0.3) is 0 Å².